The van der Waals surface area contributed by atoms with Gasteiger partial charge in [-0.1, -0.05) is 26.2 Å². The lowest BCUT2D eigenvalue weighted by Crippen LogP contribution is -2.40. The smallest absolute Gasteiger partial charge is 0.326 e. The number of amides is 1. The first kappa shape index (κ1) is 15.3. The molecule has 5 heteroatoms. The minimum Gasteiger partial charge on any atom is -0.480 e. The summed E-state index contributed by atoms with van der Waals surface area (Å²) in [4.78, 5) is 22.1. The molecule has 0 rings (SSSR count). The Bertz CT molecular complexity index is 221. The maximum atomic E-state index is 11.4. The highest BCUT2D eigenvalue weighted by molar-refractivity contribution is 7.80. The number of rotatable bonds is 9. The van der Waals surface area contributed by atoms with E-state index in [2.05, 4.69) is 24.9 Å². The molecule has 0 aromatic carbocycles. The van der Waals surface area contributed by atoms with Gasteiger partial charge in [-0.3, -0.25) is 4.79 Å². The summed E-state index contributed by atoms with van der Waals surface area (Å²) in [7, 11) is 0. The number of carbonyl (C=O) groups is 2. The summed E-state index contributed by atoms with van der Waals surface area (Å²) in [5.74, 6) is -0.714. The third kappa shape index (κ3) is 7.56. The fraction of sp³-hybridized carbons (Fsp3) is 0.818. The number of carboxylic acids is 1. The molecule has 16 heavy (non-hydrogen) atoms. The van der Waals surface area contributed by atoms with Gasteiger partial charge in [0.1, 0.15) is 6.04 Å². The standard InChI is InChI=1S/C11H21NO3S/c1-2-3-4-5-6-10(13)12-9(7-8-16)11(14)15/h9,16H,2-8H2,1H3,(H,12,13)(H,14,15)/t9-/m0/s1. The zero-order chi connectivity index (χ0) is 12.4. The maximum absolute atomic E-state index is 11.4. The molecular weight excluding hydrogens is 226 g/mol. The lowest BCUT2D eigenvalue weighted by Gasteiger charge is -2.13. The van der Waals surface area contributed by atoms with Gasteiger partial charge in [-0.2, -0.15) is 12.6 Å². The molecule has 1 atom stereocenters. The van der Waals surface area contributed by atoms with Crippen molar-refractivity contribution in [2.45, 2.75) is 51.5 Å². The molecule has 0 aliphatic rings. The van der Waals surface area contributed by atoms with E-state index in [1.807, 2.05) is 0 Å². The number of thiol groups is 1. The maximum Gasteiger partial charge on any atom is 0.326 e. The van der Waals surface area contributed by atoms with Crippen LogP contribution in [0.1, 0.15) is 45.4 Å². The number of carboxylic acid groups (broad SMARTS) is 1. The molecular formula is C11H21NO3S. The summed E-state index contributed by atoms with van der Waals surface area (Å²) >= 11 is 3.96. The summed E-state index contributed by atoms with van der Waals surface area (Å²) in [6.45, 7) is 2.10. The van der Waals surface area contributed by atoms with E-state index in [9.17, 15) is 9.59 Å². The van der Waals surface area contributed by atoms with Crippen molar-refractivity contribution in [1.82, 2.24) is 5.32 Å². The van der Waals surface area contributed by atoms with Crippen molar-refractivity contribution < 1.29 is 14.7 Å². The lowest BCUT2D eigenvalue weighted by atomic mass is 10.1. The van der Waals surface area contributed by atoms with Gasteiger partial charge in [-0.25, -0.2) is 4.79 Å². The van der Waals surface area contributed by atoms with Crippen molar-refractivity contribution in [2.75, 3.05) is 5.75 Å². The Kier molecular flexibility index (Phi) is 9.09. The molecule has 0 fully saturated rings. The van der Waals surface area contributed by atoms with Crippen LogP contribution in [0.15, 0.2) is 0 Å². The first-order chi connectivity index (χ1) is 7.61. The van der Waals surface area contributed by atoms with Gasteiger partial charge in [-0.15, -0.1) is 0 Å². The molecule has 2 N–H and O–H groups in total. The molecule has 94 valence electrons. The van der Waals surface area contributed by atoms with Gasteiger partial charge in [0.15, 0.2) is 0 Å². The average molecular weight is 247 g/mol. The summed E-state index contributed by atoms with van der Waals surface area (Å²) in [6.07, 6.45) is 4.86. The van der Waals surface area contributed by atoms with Crippen LogP contribution in [0.2, 0.25) is 0 Å². The van der Waals surface area contributed by atoms with Crippen molar-refractivity contribution in [3.8, 4) is 0 Å². The van der Waals surface area contributed by atoms with Gasteiger partial charge < -0.3 is 10.4 Å². The van der Waals surface area contributed by atoms with Gasteiger partial charge in [0, 0.05) is 6.42 Å². The lowest BCUT2D eigenvalue weighted by molar-refractivity contribution is -0.141. The second kappa shape index (κ2) is 9.51. The number of nitrogens with one attached hydrogen (secondary N) is 1. The number of carbonyl (C=O) groups excluding carboxylic acids is 1. The normalized spacial score (nSPS) is 12.1. The van der Waals surface area contributed by atoms with E-state index in [4.69, 9.17) is 5.11 Å². The predicted octanol–water partition coefficient (Wildman–Crippen LogP) is 1.85. The fourth-order valence-electron chi connectivity index (χ4n) is 1.37. The second-order valence-corrected chi connectivity index (χ2v) is 4.23. The quantitative estimate of drug-likeness (QED) is 0.430. The van der Waals surface area contributed by atoms with Gasteiger partial charge >= 0.3 is 5.97 Å². The van der Waals surface area contributed by atoms with Crippen LogP contribution in [0.4, 0.5) is 0 Å². The monoisotopic (exact) mass is 247 g/mol. The molecule has 1 amide bonds. The third-order valence-corrected chi connectivity index (χ3v) is 2.57. The molecule has 0 aliphatic heterocycles. The Morgan fingerprint density at radius 2 is 2.00 bits per heavy atom. The van der Waals surface area contributed by atoms with Crippen LogP contribution in [0, 0.1) is 0 Å². The first-order valence-electron chi connectivity index (χ1n) is 5.74. The van der Waals surface area contributed by atoms with E-state index in [1.54, 1.807) is 0 Å². The summed E-state index contributed by atoms with van der Waals surface area (Å²) in [5, 5.41) is 11.3. The first-order valence-corrected chi connectivity index (χ1v) is 6.38. The molecule has 0 aliphatic carbocycles. The van der Waals surface area contributed by atoms with Crippen molar-refractivity contribution >= 4 is 24.5 Å². The molecule has 0 aromatic rings. The number of unbranched alkanes of at least 4 members (excludes halogenated alkanes) is 3. The Hall–Kier alpha value is -0.710. The van der Waals surface area contributed by atoms with Gasteiger partial charge in [-0.05, 0) is 18.6 Å². The predicted molar refractivity (Wildman–Crippen MR) is 66.8 cm³/mol. The van der Waals surface area contributed by atoms with Gasteiger partial charge in [0.05, 0.1) is 0 Å². The third-order valence-electron chi connectivity index (χ3n) is 2.31. The zero-order valence-corrected chi connectivity index (χ0v) is 10.6. The second-order valence-electron chi connectivity index (χ2n) is 3.78. The van der Waals surface area contributed by atoms with Gasteiger partial charge in [0.25, 0.3) is 0 Å². The Morgan fingerprint density at radius 3 is 2.50 bits per heavy atom. The largest absolute Gasteiger partial charge is 0.480 e. The van der Waals surface area contributed by atoms with Crippen LogP contribution < -0.4 is 5.32 Å². The number of hydrogen-bond acceptors (Lipinski definition) is 3. The van der Waals surface area contributed by atoms with Crippen LogP contribution in [0.25, 0.3) is 0 Å². The molecule has 0 heterocycles. The molecule has 0 saturated carbocycles. The highest BCUT2D eigenvalue weighted by atomic mass is 32.1. The zero-order valence-electron chi connectivity index (χ0n) is 9.74. The van der Waals surface area contributed by atoms with Crippen LogP contribution in [0.5, 0.6) is 0 Å². The highest BCUT2D eigenvalue weighted by Crippen LogP contribution is 2.03. The summed E-state index contributed by atoms with van der Waals surface area (Å²) < 4.78 is 0. The summed E-state index contributed by atoms with van der Waals surface area (Å²) in [6, 6.07) is -0.795. The van der Waals surface area contributed by atoms with Crippen molar-refractivity contribution in [3.05, 3.63) is 0 Å². The molecule has 0 saturated heterocycles. The topological polar surface area (TPSA) is 66.4 Å². The van der Waals surface area contributed by atoms with Crippen LogP contribution >= 0.6 is 12.6 Å². The van der Waals surface area contributed by atoms with Crippen LogP contribution in [-0.2, 0) is 9.59 Å². The average Bonchev–Trinajstić information content (AvgIpc) is 2.23. The van der Waals surface area contributed by atoms with Gasteiger partial charge in [0.2, 0.25) is 5.91 Å². The van der Waals surface area contributed by atoms with E-state index in [0.29, 0.717) is 18.6 Å². The van der Waals surface area contributed by atoms with Crippen molar-refractivity contribution in [1.29, 1.82) is 0 Å². The fourth-order valence-corrected chi connectivity index (χ4v) is 1.62. The number of hydrogen-bond donors (Lipinski definition) is 3. The Balaban J connectivity index is 3.77. The SMILES string of the molecule is CCCCCCC(=O)N[C@@H](CCS)C(=O)O. The van der Waals surface area contributed by atoms with E-state index in [1.165, 1.54) is 0 Å². The van der Waals surface area contributed by atoms with E-state index >= 15 is 0 Å². The molecule has 0 unspecified atom stereocenters. The van der Waals surface area contributed by atoms with E-state index < -0.39 is 12.0 Å². The van der Waals surface area contributed by atoms with Crippen LogP contribution in [-0.4, -0.2) is 28.8 Å². The minimum absolute atomic E-state index is 0.176. The molecule has 0 bridgehead atoms. The van der Waals surface area contributed by atoms with E-state index in [0.717, 1.165) is 25.7 Å². The van der Waals surface area contributed by atoms with E-state index in [-0.39, 0.29) is 5.91 Å². The molecule has 0 radical (unpaired) electrons. The minimum atomic E-state index is -0.990. The molecule has 0 aromatic heterocycles. The highest BCUT2D eigenvalue weighted by Gasteiger charge is 2.18. The Morgan fingerprint density at radius 1 is 1.31 bits per heavy atom. The van der Waals surface area contributed by atoms with Crippen molar-refractivity contribution in [2.24, 2.45) is 0 Å². The van der Waals surface area contributed by atoms with Crippen molar-refractivity contribution in [3.63, 3.8) is 0 Å². The number of aliphatic carboxylic acids is 1. The van der Waals surface area contributed by atoms with Crippen LogP contribution in [0.3, 0.4) is 0 Å². The Labute approximate surface area is 102 Å². The molecule has 0 spiro atoms. The summed E-state index contributed by atoms with van der Waals surface area (Å²) in [5.41, 5.74) is 0. The molecule has 4 nitrogen and oxygen atoms in total.